The number of methoxy groups -OCH3 is 1. The Bertz CT molecular complexity index is 1000. The van der Waals surface area contributed by atoms with E-state index in [9.17, 15) is 4.79 Å². The third-order valence-corrected chi connectivity index (χ3v) is 13.3. The standard InChI is InChI=1S/C28H39N3O3SSi/c1-28(2,3)36(24-11-7-5-8-12-24,25-13-9-6-10-14-25)34-19-22-15-17-31-18-16-23(30-27(31)29-22)20-35-21-26(32)33-4/h5-14,22-23H,15-21H2,1-4H3,(H,29,30)/p+1/t22-,23-/m0/s1. The monoisotopic (exact) mass is 526 g/mol. The summed E-state index contributed by atoms with van der Waals surface area (Å²) in [6, 6.07) is 22.3. The first-order valence-electron chi connectivity index (χ1n) is 12.9. The molecule has 0 amide bonds. The van der Waals surface area contributed by atoms with Gasteiger partial charge in [-0.15, -0.1) is 11.8 Å². The average Bonchev–Trinajstić information content (AvgIpc) is 2.89. The maximum absolute atomic E-state index is 11.5. The molecule has 0 bridgehead atoms. The van der Waals surface area contributed by atoms with Gasteiger partial charge in [-0.2, -0.15) is 0 Å². The first-order valence-corrected chi connectivity index (χ1v) is 15.9. The summed E-state index contributed by atoms with van der Waals surface area (Å²) >= 11 is 1.63. The van der Waals surface area contributed by atoms with Crippen molar-refractivity contribution in [1.82, 2.24) is 10.6 Å². The number of benzene rings is 2. The van der Waals surface area contributed by atoms with E-state index in [1.165, 1.54) is 17.5 Å². The van der Waals surface area contributed by atoms with Crippen LogP contribution in [0.3, 0.4) is 0 Å². The molecular weight excluding hydrogens is 486 g/mol. The zero-order valence-electron chi connectivity index (χ0n) is 22.0. The van der Waals surface area contributed by atoms with Crippen molar-refractivity contribution in [2.75, 3.05) is 38.3 Å². The van der Waals surface area contributed by atoms with Gasteiger partial charge in [-0.3, -0.25) is 20.0 Å². The van der Waals surface area contributed by atoms with Gasteiger partial charge in [0.1, 0.15) is 0 Å². The molecule has 2 aromatic rings. The van der Waals surface area contributed by atoms with Crippen LogP contribution in [-0.2, 0) is 14.0 Å². The third kappa shape index (κ3) is 5.98. The molecule has 2 aromatic carbocycles. The number of nitrogens with one attached hydrogen (secondary N) is 2. The normalized spacial score (nSPS) is 20.2. The minimum atomic E-state index is -2.55. The molecule has 0 aromatic heterocycles. The molecule has 194 valence electrons. The van der Waals surface area contributed by atoms with Crippen LogP contribution in [0, 0.1) is 0 Å². The summed E-state index contributed by atoms with van der Waals surface area (Å²) in [4.78, 5) is 11.5. The number of hydrogen-bond acceptors (Lipinski definition) is 6. The van der Waals surface area contributed by atoms with Gasteiger partial charge in [0, 0.05) is 18.6 Å². The predicted octanol–water partition coefficient (Wildman–Crippen LogP) is 2.56. The van der Waals surface area contributed by atoms with Gasteiger partial charge in [-0.25, -0.2) is 0 Å². The van der Waals surface area contributed by atoms with E-state index >= 15 is 0 Å². The number of rotatable bonds is 9. The van der Waals surface area contributed by atoms with E-state index in [2.05, 4.69) is 96.6 Å². The van der Waals surface area contributed by atoms with Crippen molar-refractivity contribution in [1.29, 1.82) is 0 Å². The van der Waals surface area contributed by atoms with Crippen molar-refractivity contribution in [3.8, 4) is 0 Å². The molecule has 0 radical (unpaired) electrons. The van der Waals surface area contributed by atoms with Crippen molar-refractivity contribution < 1.29 is 18.5 Å². The predicted molar refractivity (Wildman–Crippen MR) is 151 cm³/mol. The summed E-state index contributed by atoms with van der Waals surface area (Å²) in [6.07, 6.45) is 2.12. The maximum Gasteiger partial charge on any atom is 0.346 e. The van der Waals surface area contributed by atoms with Gasteiger partial charge in [-0.1, -0.05) is 81.4 Å². The number of carbonyl (C=O) groups is 1. The summed E-state index contributed by atoms with van der Waals surface area (Å²) in [7, 11) is -1.11. The Morgan fingerprint density at radius 2 is 1.53 bits per heavy atom. The van der Waals surface area contributed by atoms with E-state index in [1.54, 1.807) is 11.8 Å². The molecule has 6 nitrogen and oxygen atoms in total. The molecule has 0 aliphatic carbocycles. The van der Waals surface area contributed by atoms with Crippen molar-refractivity contribution in [3.63, 3.8) is 0 Å². The van der Waals surface area contributed by atoms with Crippen LogP contribution in [0.2, 0.25) is 5.04 Å². The number of ether oxygens (including phenoxy) is 1. The lowest BCUT2D eigenvalue weighted by Crippen LogP contribution is -2.68. The van der Waals surface area contributed by atoms with Gasteiger partial charge in [0.05, 0.1) is 44.6 Å². The average molecular weight is 527 g/mol. The van der Waals surface area contributed by atoms with E-state index < -0.39 is 8.32 Å². The molecule has 36 heavy (non-hydrogen) atoms. The zero-order valence-corrected chi connectivity index (χ0v) is 23.8. The first-order chi connectivity index (χ1) is 17.3. The molecule has 0 spiro atoms. The summed E-state index contributed by atoms with van der Waals surface area (Å²) in [5.41, 5.74) is 0. The largest absolute Gasteiger partial charge is 0.468 e. The highest BCUT2D eigenvalue weighted by Crippen LogP contribution is 2.36. The molecule has 2 atom stereocenters. The van der Waals surface area contributed by atoms with Gasteiger partial charge < -0.3 is 9.16 Å². The van der Waals surface area contributed by atoms with Crippen LogP contribution in [0.15, 0.2) is 60.7 Å². The highest BCUT2D eigenvalue weighted by Gasteiger charge is 2.50. The number of esters is 1. The second-order valence-electron chi connectivity index (χ2n) is 10.7. The third-order valence-electron chi connectivity index (χ3n) is 7.18. The molecule has 0 saturated carbocycles. The topological polar surface area (TPSA) is 62.6 Å². The number of thioether (sulfide) groups is 1. The molecule has 8 heteroatoms. The fourth-order valence-corrected chi connectivity index (χ4v) is 10.8. The SMILES string of the molecule is COC(=O)CSC[C@@H]1CC[N+]2=C(N[C@H](CO[Si](c3ccccc3)(c3ccccc3)C(C)(C)C)CC2)N1. The van der Waals surface area contributed by atoms with E-state index in [0.29, 0.717) is 18.4 Å². The van der Waals surface area contributed by atoms with E-state index in [4.69, 9.17) is 9.16 Å². The van der Waals surface area contributed by atoms with Gasteiger partial charge in [0.2, 0.25) is 0 Å². The van der Waals surface area contributed by atoms with Crippen LogP contribution in [0.4, 0.5) is 0 Å². The smallest absolute Gasteiger partial charge is 0.346 e. The van der Waals surface area contributed by atoms with Crippen LogP contribution in [0.25, 0.3) is 0 Å². The number of carbonyl (C=O) groups excluding carboxylic acids is 1. The minimum Gasteiger partial charge on any atom is -0.468 e. The fourth-order valence-electron chi connectivity index (χ4n) is 5.29. The van der Waals surface area contributed by atoms with Crippen molar-refractivity contribution >= 4 is 42.4 Å². The van der Waals surface area contributed by atoms with E-state index in [0.717, 1.165) is 37.6 Å². The Labute approximate surface area is 221 Å². The Hall–Kier alpha value is -2.29. The first kappa shape index (κ1) is 26.8. The molecule has 2 heterocycles. The van der Waals surface area contributed by atoms with Gasteiger partial charge in [-0.05, 0) is 15.4 Å². The lowest BCUT2D eigenvalue weighted by Gasteiger charge is -2.44. The Balaban J connectivity index is 1.48. The van der Waals surface area contributed by atoms with Crippen LogP contribution in [-0.4, -0.2) is 75.2 Å². The van der Waals surface area contributed by atoms with Crippen molar-refractivity contribution in [3.05, 3.63) is 60.7 Å². The molecular formula is C28H40N3O3SSi+. The van der Waals surface area contributed by atoms with Crippen molar-refractivity contribution in [2.45, 2.75) is 50.7 Å². The minimum absolute atomic E-state index is 0.0331. The van der Waals surface area contributed by atoms with E-state index in [1.807, 2.05) is 0 Å². The molecule has 2 aliphatic heterocycles. The molecule has 0 saturated heterocycles. The number of guanidine groups is 1. The second-order valence-corrected chi connectivity index (χ2v) is 16.0. The lowest BCUT2D eigenvalue weighted by atomic mass is 10.1. The van der Waals surface area contributed by atoms with Crippen LogP contribution >= 0.6 is 11.8 Å². The highest BCUT2D eigenvalue weighted by molar-refractivity contribution is 7.99. The summed E-state index contributed by atoms with van der Waals surface area (Å²) < 4.78 is 14.3. The Morgan fingerprint density at radius 1 is 0.972 bits per heavy atom. The molecule has 0 fully saturated rings. The molecule has 4 rings (SSSR count). The second kappa shape index (κ2) is 11.8. The molecule has 2 aliphatic rings. The van der Waals surface area contributed by atoms with E-state index in [-0.39, 0.29) is 17.0 Å². The number of hydrogen-bond donors (Lipinski definition) is 2. The molecule has 0 unspecified atom stereocenters. The van der Waals surface area contributed by atoms with Gasteiger partial charge in [0.15, 0.2) is 0 Å². The molecule has 2 N–H and O–H groups in total. The summed E-state index contributed by atoms with van der Waals surface area (Å²) in [5, 5.41) is 10.0. The Morgan fingerprint density at radius 3 is 2.08 bits per heavy atom. The lowest BCUT2D eigenvalue weighted by molar-refractivity contribution is -0.542. The summed E-state index contributed by atoms with van der Waals surface area (Å²) in [6.45, 7) is 9.68. The fraction of sp³-hybridized carbons (Fsp3) is 0.500. The van der Waals surface area contributed by atoms with Crippen molar-refractivity contribution in [2.24, 2.45) is 0 Å². The van der Waals surface area contributed by atoms with Crippen LogP contribution < -0.4 is 21.0 Å². The van der Waals surface area contributed by atoms with Gasteiger partial charge in [0.25, 0.3) is 8.32 Å². The van der Waals surface area contributed by atoms with Crippen LogP contribution in [0.5, 0.6) is 0 Å². The number of nitrogens with zero attached hydrogens (tertiary/aromatic N) is 1. The van der Waals surface area contributed by atoms with Crippen LogP contribution in [0.1, 0.15) is 33.6 Å². The highest BCUT2D eigenvalue weighted by atomic mass is 32.2. The van der Waals surface area contributed by atoms with Gasteiger partial charge >= 0.3 is 11.9 Å². The quantitative estimate of drug-likeness (QED) is 0.298. The Kier molecular flexibility index (Phi) is 8.80. The summed E-state index contributed by atoms with van der Waals surface area (Å²) in [5.74, 6) is 2.22. The maximum atomic E-state index is 11.5. The zero-order chi connectivity index (χ0) is 25.6.